The van der Waals surface area contributed by atoms with Gasteiger partial charge in [-0.2, -0.15) is 0 Å². The molecule has 1 N–H and O–H groups in total. The second-order valence-electron chi connectivity index (χ2n) is 7.03. The fraction of sp³-hybridized carbons (Fsp3) is 1.00. The summed E-state index contributed by atoms with van der Waals surface area (Å²) in [6.45, 7) is 7.75. The van der Waals surface area contributed by atoms with Crippen LogP contribution in [0.4, 0.5) is 8.78 Å². The summed E-state index contributed by atoms with van der Waals surface area (Å²) < 4.78 is 26.5. The molecule has 2 atom stereocenters. The normalized spacial score (nSPS) is 37.6. The number of alkyl halides is 2. The molecule has 0 spiro atoms. The second kappa shape index (κ2) is 4.18. The van der Waals surface area contributed by atoms with Gasteiger partial charge in [-0.25, -0.2) is 8.78 Å². The molecule has 1 nitrogen and oxygen atoms in total. The average molecular weight is 245 g/mol. The molecule has 1 aliphatic heterocycles. The zero-order chi connectivity index (χ0) is 12.7. The van der Waals surface area contributed by atoms with E-state index in [1.165, 1.54) is 6.42 Å². The van der Waals surface area contributed by atoms with Gasteiger partial charge in [0.15, 0.2) is 0 Å². The van der Waals surface area contributed by atoms with E-state index in [-0.39, 0.29) is 29.7 Å². The summed E-state index contributed by atoms with van der Waals surface area (Å²) in [5.74, 6) is -2.20. The molecule has 0 aromatic rings. The molecule has 0 aromatic heterocycles. The molecule has 0 radical (unpaired) electrons. The van der Waals surface area contributed by atoms with Crippen molar-refractivity contribution >= 4 is 0 Å². The van der Waals surface area contributed by atoms with E-state index in [0.29, 0.717) is 6.42 Å². The molecule has 3 heteroatoms. The minimum Gasteiger partial charge on any atom is -0.311 e. The van der Waals surface area contributed by atoms with Gasteiger partial charge in [0.2, 0.25) is 5.92 Å². The number of hydrogen-bond acceptors (Lipinski definition) is 1. The minimum absolute atomic E-state index is 0.0814. The van der Waals surface area contributed by atoms with Crippen molar-refractivity contribution in [1.82, 2.24) is 5.32 Å². The van der Waals surface area contributed by atoms with Gasteiger partial charge < -0.3 is 5.32 Å². The van der Waals surface area contributed by atoms with Crippen LogP contribution in [0.2, 0.25) is 0 Å². The first-order valence-electron chi connectivity index (χ1n) is 6.87. The van der Waals surface area contributed by atoms with Gasteiger partial charge >= 0.3 is 0 Å². The molecule has 0 amide bonds. The fourth-order valence-electron chi connectivity index (χ4n) is 3.64. The molecule has 1 saturated carbocycles. The summed E-state index contributed by atoms with van der Waals surface area (Å²) >= 11 is 0. The Morgan fingerprint density at radius 3 is 2.35 bits per heavy atom. The lowest BCUT2D eigenvalue weighted by Crippen LogP contribution is -2.52. The van der Waals surface area contributed by atoms with Crippen LogP contribution in [0.5, 0.6) is 0 Å². The molecule has 17 heavy (non-hydrogen) atoms. The van der Waals surface area contributed by atoms with E-state index < -0.39 is 5.92 Å². The van der Waals surface area contributed by atoms with Crippen LogP contribution in [0.25, 0.3) is 0 Å². The van der Waals surface area contributed by atoms with Gasteiger partial charge in [0, 0.05) is 18.4 Å². The van der Waals surface area contributed by atoms with Crippen molar-refractivity contribution in [3.8, 4) is 0 Å². The highest BCUT2D eigenvalue weighted by Gasteiger charge is 2.48. The number of nitrogens with one attached hydrogen (secondary N) is 1. The summed E-state index contributed by atoms with van der Waals surface area (Å²) in [4.78, 5) is 0. The molecule has 0 aromatic carbocycles. The van der Waals surface area contributed by atoms with Crippen LogP contribution in [0.3, 0.4) is 0 Å². The Morgan fingerprint density at radius 1 is 1.24 bits per heavy atom. The lowest BCUT2D eigenvalue weighted by Gasteiger charge is -2.44. The van der Waals surface area contributed by atoms with Crippen molar-refractivity contribution < 1.29 is 8.78 Å². The van der Waals surface area contributed by atoms with Crippen molar-refractivity contribution in [2.75, 3.05) is 6.54 Å². The van der Waals surface area contributed by atoms with E-state index in [1.807, 2.05) is 0 Å². The maximum Gasteiger partial charge on any atom is 0.248 e. The van der Waals surface area contributed by atoms with E-state index >= 15 is 0 Å². The third-order valence-electron chi connectivity index (χ3n) is 4.82. The number of rotatable bonds is 2. The monoisotopic (exact) mass is 245 g/mol. The minimum atomic E-state index is -2.40. The molecule has 1 aliphatic carbocycles. The topological polar surface area (TPSA) is 12.0 Å². The van der Waals surface area contributed by atoms with Crippen LogP contribution in [-0.4, -0.2) is 18.0 Å². The van der Waals surface area contributed by atoms with Gasteiger partial charge in [0.1, 0.15) is 0 Å². The Labute approximate surface area is 103 Å². The van der Waals surface area contributed by atoms with Crippen LogP contribution < -0.4 is 5.32 Å². The Hall–Kier alpha value is -0.180. The fourth-order valence-corrected chi connectivity index (χ4v) is 3.64. The third-order valence-corrected chi connectivity index (χ3v) is 4.82. The lowest BCUT2D eigenvalue weighted by atomic mass is 9.68. The van der Waals surface area contributed by atoms with Crippen LogP contribution in [0.15, 0.2) is 0 Å². The highest BCUT2D eigenvalue weighted by atomic mass is 19.3. The Kier molecular flexibility index (Phi) is 3.26. The zero-order valence-corrected chi connectivity index (χ0v) is 11.3. The highest BCUT2D eigenvalue weighted by molar-refractivity contribution is 5.03. The van der Waals surface area contributed by atoms with Crippen molar-refractivity contribution in [2.24, 2.45) is 11.3 Å². The SMILES string of the molecule is CC(C)(C)C1(CC2CCC(F)(F)C2)CCCN1. The van der Waals surface area contributed by atoms with Crippen molar-refractivity contribution in [1.29, 1.82) is 0 Å². The van der Waals surface area contributed by atoms with E-state index in [0.717, 1.165) is 19.4 Å². The van der Waals surface area contributed by atoms with Crippen LogP contribution in [0, 0.1) is 11.3 Å². The molecule has 100 valence electrons. The van der Waals surface area contributed by atoms with Gasteiger partial charge in [-0.3, -0.25) is 0 Å². The van der Waals surface area contributed by atoms with Gasteiger partial charge in [-0.1, -0.05) is 20.8 Å². The maximum atomic E-state index is 13.3. The largest absolute Gasteiger partial charge is 0.311 e. The van der Waals surface area contributed by atoms with E-state index in [9.17, 15) is 8.78 Å². The van der Waals surface area contributed by atoms with Gasteiger partial charge in [-0.05, 0) is 43.6 Å². The predicted molar refractivity (Wildman–Crippen MR) is 66.3 cm³/mol. The summed E-state index contributed by atoms with van der Waals surface area (Å²) in [7, 11) is 0. The lowest BCUT2D eigenvalue weighted by molar-refractivity contribution is 0.00166. The highest BCUT2D eigenvalue weighted by Crippen LogP contribution is 2.48. The average Bonchev–Trinajstić information content (AvgIpc) is 2.73. The molecule has 0 bridgehead atoms. The van der Waals surface area contributed by atoms with E-state index in [2.05, 4.69) is 26.1 Å². The third kappa shape index (κ3) is 2.64. The zero-order valence-electron chi connectivity index (χ0n) is 11.3. The van der Waals surface area contributed by atoms with Gasteiger partial charge in [-0.15, -0.1) is 0 Å². The van der Waals surface area contributed by atoms with E-state index in [1.54, 1.807) is 0 Å². The second-order valence-corrected chi connectivity index (χ2v) is 7.03. The summed E-state index contributed by atoms with van der Waals surface area (Å²) in [6, 6.07) is 0. The van der Waals surface area contributed by atoms with Crippen LogP contribution in [0.1, 0.15) is 59.3 Å². The molecule has 2 rings (SSSR count). The molecular weight excluding hydrogens is 220 g/mol. The number of hydrogen-bond donors (Lipinski definition) is 1. The first-order chi connectivity index (χ1) is 7.74. The van der Waals surface area contributed by atoms with Crippen LogP contribution in [-0.2, 0) is 0 Å². The molecule has 1 heterocycles. The Balaban J connectivity index is 2.05. The molecule has 2 unspecified atom stereocenters. The molecule has 2 fully saturated rings. The summed E-state index contributed by atoms with van der Waals surface area (Å²) in [5.41, 5.74) is 0.236. The maximum absolute atomic E-state index is 13.3. The summed E-state index contributed by atoms with van der Waals surface area (Å²) in [5, 5.41) is 3.62. The first-order valence-corrected chi connectivity index (χ1v) is 6.87. The summed E-state index contributed by atoms with van der Waals surface area (Å²) in [6.07, 6.45) is 4.14. The predicted octanol–water partition coefficient (Wildman–Crippen LogP) is 3.98. The first kappa shape index (κ1) is 13.3. The van der Waals surface area contributed by atoms with Crippen LogP contribution >= 0.6 is 0 Å². The van der Waals surface area contributed by atoms with Crippen molar-refractivity contribution in [3.63, 3.8) is 0 Å². The quantitative estimate of drug-likeness (QED) is 0.776. The van der Waals surface area contributed by atoms with Crippen molar-refractivity contribution in [3.05, 3.63) is 0 Å². The van der Waals surface area contributed by atoms with Gasteiger partial charge in [0.25, 0.3) is 0 Å². The molecular formula is C14H25F2N. The van der Waals surface area contributed by atoms with Crippen molar-refractivity contribution in [2.45, 2.75) is 70.8 Å². The standard InChI is InChI=1S/C14H25F2N/c1-12(2,3)13(6-4-8-17-13)9-11-5-7-14(15,16)10-11/h11,17H,4-10H2,1-3H3. The number of halogens is 2. The Morgan fingerprint density at radius 2 is 1.94 bits per heavy atom. The van der Waals surface area contributed by atoms with E-state index in [4.69, 9.17) is 0 Å². The van der Waals surface area contributed by atoms with Gasteiger partial charge in [0.05, 0.1) is 0 Å². The smallest absolute Gasteiger partial charge is 0.248 e. The molecule has 1 saturated heterocycles. The Bertz CT molecular complexity index is 274. The molecule has 2 aliphatic rings.